The Morgan fingerprint density at radius 1 is 0.879 bits per heavy atom. The first-order valence-corrected chi connectivity index (χ1v) is 13.3. The number of nitrogens with zero attached hydrogens (tertiary/aromatic N) is 4. The lowest BCUT2D eigenvalue weighted by Gasteiger charge is -2.38. The molecule has 1 aromatic carbocycles. The molecule has 2 atom stereocenters. The topological polar surface area (TPSA) is 56.8 Å². The van der Waals surface area contributed by atoms with Crippen molar-refractivity contribution in [1.29, 1.82) is 0 Å². The number of thiazole rings is 1. The molecule has 3 aliphatic rings. The fourth-order valence-corrected chi connectivity index (χ4v) is 6.53. The number of benzene rings is 1. The van der Waals surface area contributed by atoms with Crippen LogP contribution < -0.4 is 0 Å². The number of aromatic nitrogens is 1. The summed E-state index contributed by atoms with van der Waals surface area (Å²) in [6.45, 7) is 5.26. The van der Waals surface area contributed by atoms with E-state index in [1.54, 1.807) is 11.3 Å². The van der Waals surface area contributed by atoms with Crippen LogP contribution in [0.25, 0.3) is 10.2 Å². The Hall–Kier alpha value is -2.25. The molecule has 2 amide bonds. The molecule has 3 heterocycles. The van der Waals surface area contributed by atoms with Crippen molar-refractivity contribution in [2.45, 2.75) is 44.4 Å². The third-order valence-electron chi connectivity index (χ3n) is 7.38. The van der Waals surface area contributed by atoms with E-state index in [1.165, 1.54) is 17.5 Å². The van der Waals surface area contributed by atoms with Crippen molar-refractivity contribution in [3.63, 3.8) is 0 Å². The molecule has 1 aromatic heterocycles. The first-order chi connectivity index (χ1) is 16.2. The molecule has 5 rings (SSSR count). The van der Waals surface area contributed by atoms with E-state index in [1.807, 2.05) is 21.9 Å². The number of allylic oxidation sites excluding steroid dienone is 2. The zero-order valence-electron chi connectivity index (χ0n) is 19.3. The Morgan fingerprint density at radius 2 is 1.61 bits per heavy atom. The Morgan fingerprint density at radius 3 is 2.36 bits per heavy atom. The average molecular weight is 467 g/mol. The predicted molar refractivity (Wildman–Crippen MR) is 132 cm³/mol. The van der Waals surface area contributed by atoms with Gasteiger partial charge in [-0.3, -0.25) is 14.5 Å². The third-order valence-corrected chi connectivity index (χ3v) is 8.55. The van der Waals surface area contributed by atoms with Crippen LogP contribution in [-0.2, 0) is 9.59 Å². The van der Waals surface area contributed by atoms with Crippen molar-refractivity contribution in [3.8, 4) is 0 Å². The van der Waals surface area contributed by atoms with Gasteiger partial charge < -0.3 is 9.80 Å². The molecule has 1 aliphatic carbocycles. The molecule has 0 bridgehead atoms. The highest BCUT2D eigenvalue weighted by molar-refractivity contribution is 7.18. The van der Waals surface area contributed by atoms with E-state index in [4.69, 9.17) is 4.98 Å². The lowest BCUT2D eigenvalue weighted by atomic mass is 9.82. The summed E-state index contributed by atoms with van der Waals surface area (Å²) in [5, 5.41) is 1.08. The molecule has 0 N–H and O–H groups in total. The first kappa shape index (κ1) is 22.5. The van der Waals surface area contributed by atoms with Crippen molar-refractivity contribution >= 4 is 33.4 Å². The number of piperazine rings is 1. The molecule has 2 aliphatic heterocycles. The SMILES string of the molecule is O=C(CN1CCN(C(=O)C2CC=CCC2c2nc3ccccc3s2)CC1)N1CCCCCC1. The van der Waals surface area contributed by atoms with Gasteiger partial charge in [0.25, 0.3) is 0 Å². The molecule has 2 aromatic rings. The standard InChI is InChI=1S/C26H34N4O2S/c31-24(29-13-7-1-2-8-14-29)19-28-15-17-30(18-16-28)26(32)21-10-4-3-9-20(21)25-27-22-11-5-6-12-23(22)33-25/h3-6,11-12,20-21H,1-2,7-10,13-19H2. The van der Waals surface area contributed by atoms with Gasteiger partial charge in [-0.05, 0) is 37.8 Å². The van der Waals surface area contributed by atoms with Crippen LogP contribution >= 0.6 is 11.3 Å². The zero-order chi connectivity index (χ0) is 22.6. The van der Waals surface area contributed by atoms with E-state index in [-0.39, 0.29) is 23.7 Å². The maximum absolute atomic E-state index is 13.5. The Balaban J connectivity index is 1.19. The number of para-hydroxylation sites is 1. The van der Waals surface area contributed by atoms with Gasteiger partial charge in [-0.15, -0.1) is 11.3 Å². The molecule has 0 saturated carbocycles. The van der Waals surface area contributed by atoms with E-state index >= 15 is 0 Å². The normalized spacial score (nSPS) is 24.7. The Labute approximate surface area is 200 Å². The minimum atomic E-state index is -0.0409. The second-order valence-corrected chi connectivity index (χ2v) is 10.6. The van der Waals surface area contributed by atoms with E-state index in [0.717, 1.165) is 62.4 Å². The van der Waals surface area contributed by atoms with Crippen LogP contribution in [0.15, 0.2) is 36.4 Å². The number of fused-ring (bicyclic) bond motifs is 1. The molecule has 6 nitrogen and oxygen atoms in total. The van der Waals surface area contributed by atoms with Gasteiger partial charge in [0.2, 0.25) is 11.8 Å². The molecule has 2 fully saturated rings. The van der Waals surface area contributed by atoms with E-state index < -0.39 is 0 Å². The summed E-state index contributed by atoms with van der Waals surface area (Å²) in [4.78, 5) is 37.5. The number of hydrogen-bond acceptors (Lipinski definition) is 5. The van der Waals surface area contributed by atoms with Crippen molar-refractivity contribution in [1.82, 2.24) is 19.7 Å². The highest BCUT2D eigenvalue weighted by Crippen LogP contribution is 2.39. The van der Waals surface area contributed by atoms with E-state index in [9.17, 15) is 9.59 Å². The van der Waals surface area contributed by atoms with Gasteiger partial charge in [0.15, 0.2) is 0 Å². The van der Waals surface area contributed by atoms with Crippen LogP contribution in [0.3, 0.4) is 0 Å². The van der Waals surface area contributed by atoms with Gasteiger partial charge in [0.1, 0.15) is 0 Å². The zero-order valence-corrected chi connectivity index (χ0v) is 20.1. The Kier molecular flexibility index (Phi) is 7.07. The smallest absolute Gasteiger partial charge is 0.236 e. The monoisotopic (exact) mass is 466 g/mol. The predicted octanol–water partition coefficient (Wildman–Crippen LogP) is 3.89. The quantitative estimate of drug-likeness (QED) is 0.642. The van der Waals surface area contributed by atoms with E-state index in [0.29, 0.717) is 19.6 Å². The summed E-state index contributed by atoms with van der Waals surface area (Å²) in [5.74, 6) is 0.621. The maximum Gasteiger partial charge on any atom is 0.236 e. The number of amides is 2. The molecule has 176 valence electrons. The molecular formula is C26H34N4O2S. The van der Waals surface area contributed by atoms with Crippen LogP contribution in [0, 0.1) is 5.92 Å². The maximum atomic E-state index is 13.5. The number of rotatable bonds is 4. The lowest BCUT2D eigenvalue weighted by molar-refractivity contribution is -0.139. The van der Waals surface area contributed by atoms with Gasteiger partial charge >= 0.3 is 0 Å². The van der Waals surface area contributed by atoms with Crippen LogP contribution in [0.5, 0.6) is 0 Å². The number of carbonyl (C=O) groups excluding carboxylic acids is 2. The molecule has 2 saturated heterocycles. The second-order valence-electron chi connectivity index (χ2n) is 9.57. The minimum absolute atomic E-state index is 0.0409. The van der Waals surface area contributed by atoms with Crippen LogP contribution in [-0.4, -0.2) is 77.3 Å². The van der Waals surface area contributed by atoms with Gasteiger partial charge in [0.05, 0.1) is 27.7 Å². The first-order valence-electron chi connectivity index (χ1n) is 12.5. The molecule has 2 unspecified atom stereocenters. The van der Waals surface area contributed by atoms with Gasteiger partial charge in [-0.25, -0.2) is 4.98 Å². The largest absolute Gasteiger partial charge is 0.342 e. The summed E-state index contributed by atoms with van der Waals surface area (Å²) in [7, 11) is 0. The van der Waals surface area contributed by atoms with Crippen molar-refractivity contribution in [2.24, 2.45) is 5.92 Å². The molecule has 0 radical (unpaired) electrons. The summed E-state index contributed by atoms with van der Waals surface area (Å²) >= 11 is 1.73. The molecular weight excluding hydrogens is 432 g/mol. The summed E-state index contributed by atoms with van der Waals surface area (Å²) in [5.41, 5.74) is 1.03. The minimum Gasteiger partial charge on any atom is -0.342 e. The van der Waals surface area contributed by atoms with Crippen LogP contribution in [0.4, 0.5) is 0 Å². The number of carbonyl (C=O) groups is 2. The van der Waals surface area contributed by atoms with Crippen LogP contribution in [0.1, 0.15) is 49.5 Å². The van der Waals surface area contributed by atoms with Gasteiger partial charge in [-0.1, -0.05) is 37.1 Å². The summed E-state index contributed by atoms with van der Waals surface area (Å²) < 4.78 is 1.19. The molecule has 7 heteroatoms. The van der Waals surface area contributed by atoms with Crippen molar-refractivity contribution < 1.29 is 9.59 Å². The summed E-state index contributed by atoms with van der Waals surface area (Å²) in [6, 6.07) is 8.23. The van der Waals surface area contributed by atoms with Crippen molar-refractivity contribution in [2.75, 3.05) is 45.8 Å². The fourth-order valence-electron chi connectivity index (χ4n) is 5.38. The Bertz CT molecular complexity index is 970. The second kappa shape index (κ2) is 10.3. The lowest BCUT2D eigenvalue weighted by Crippen LogP contribution is -2.53. The highest BCUT2D eigenvalue weighted by atomic mass is 32.1. The molecule has 33 heavy (non-hydrogen) atoms. The van der Waals surface area contributed by atoms with E-state index in [2.05, 4.69) is 29.2 Å². The third kappa shape index (κ3) is 5.14. The average Bonchev–Trinajstić information content (AvgIpc) is 3.09. The molecule has 0 spiro atoms. The number of likely N-dealkylation sites (tertiary alicyclic amines) is 1. The van der Waals surface area contributed by atoms with Crippen molar-refractivity contribution in [3.05, 3.63) is 41.4 Å². The van der Waals surface area contributed by atoms with Gasteiger partial charge in [0, 0.05) is 45.2 Å². The highest BCUT2D eigenvalue weighted by Gasteiger charge is 2.36. The van der Waals surface area contributed by atoms with Gasteiger partial charge in [-0.2, -0.15) is 0 Å². The fraction of sp³-hybridized carbons (Fsp3) is 0.577. The summed E-state index contributed by atoms with van der Waals surface area (Å²) in [6.07, 6.45) is 10.7. The number of hydrogen-bond donors (Lipinski definition) is 0. The van der Waals surface area contributed by atoms with Crippen LogP contribution in [0.2, 0.25) is 0 Å².